The van der Waals surface area contributed by atoms with Crippen LogP contribution in [0.5, 0.6) is 11.5 Å². The van der Waals surface area contributed by atoms with Gasteiger partial charge in [0.15, 0.2) is 0 Å². The highest BCUT2D eigenvalue weighted by atomic mass is 32.2. The number of nitrogens with zero attached hydrogens (tertiary/aromatic N) is 3. The molecule has 0 amide bonds. The van der Waals surface area contributed by atoms with Gasteiger partial charge in [-0.25, -0.2) is 27.2 Å². The molecule has 38 heavy (non-hydrogen) atoms. The molecule has 0 spiro atoms. The number of rotatable bonds is 7. The monoisotopic (exact) mass is 533 g/mol. The van der Waals surface area contributed by atoms with Crippen molar-refractivity contribution in [1.82, 2.24) is 13.9 Å². The maximum Gasteiger partial charge on any atom is 0.373 e. The molecule has 5 rings (SSSR count). The Morgan fingerprint density at radius 1 is 0.921 bits per heavy atom. The summed E-state index contributed by atoms with van der Waals surface area (Å²) in [6, 6.07) is 20.5. The second kappa shape index (κ2) is 11.4. The summed E-state index contributed by atoms with van der Waals surface area (Å²) in [7, 11) is -4.02. The molecule has 0 radical (unpaired) electrons. The normalized spacial score (nSPS) is 11.2. The van der Waals surface area contributed by atoms with Gasteiger partial charge in [-0.05, 0) is 63.2 Å². The van der Waals surface area contributed by atoms with E-state index in [2.05, 4.69) is 9.97 Å². The van der Waals surface area contributed by atoms with Crippen LogP contribution < -0.4 is 4.74 Å². The molecule has 10 heteroatoms. The molecule has 2 aromatic heterocycles. The lowest BCUT2D eigenvalue weighted by Gasteiger charge is -2.10. The van der Waals surface area contributed by atoms with Crippen LogP contribution in [0.4, 0.5) is 0 Å². The zero-order valence-electron chi connectivity index (χ0n) is 21.2. The number of aryl methyl sites for hydroxylation is 1. The van der Waals surface area contributed by atoms with Crippen LogP contribution in [-0.4, -0.2) is 46.6 Å². The molecule has 0 bridgehead atoms. The summed E-state index contributed by atoms with van der Waals surface area (Å²) in [4.78, 5) is 19.6. The van der Waals surface area contributed by atoms with E-state index in [1.54, 1.807) is 42.5 Å². The van der Waals surface area contributed by atoms with E-state index >= 15 is 0 Å². The van der Waals surface area contributed by atoms with Crippen molar-refractivity contribution in [2.75, 3.05) is 13.2 Å². The summed E-state index contributed by atoms with van der Waals surface area (Å²) in [6.07, 6.45) is 1.22. The van der Waals surface area contributed by atoms with Crippen LogP contribution in [0.1, 0.15) is 30.0 Å². The number of carboxylic acid groups (broad SMARTS) is 1. The maximum atomic E-state index is 13.6. The highest BCUT2D eigenvalue weighted by molar-refractivity contribution is 7.90. The number of ether oxygens (including phenoxy) is 2. The Balaban J connectivity index is 0.000000617. The Morgan fingerprint density at radius 2 is 1.61 bits per heavy atom. The average Bonchev–Trinajstić information content (AvgIpc) is 3.24. The number of carboxylic acids is 1. The number of fused-ring (bicyclic) bond motifs is 3. The minimum Gasteiger partial charge on any atom is -0.475 e. The summed E-state index contributed by atoms with van der Waals surface area (Å²) < 4.78 is 39.0. The van der Waals surface area contributed by atoms with E-state index in [0.29, 0.717) is 22.4 Å². The number of para-hydroxylation sites is 1. The first-order chi connectivity index (χ1) is 18.3. The predicted octanol–water partition coefficient (Wildman–Crippen LogP) is 5.66. The van der Waals surface area contributed by atoms with Crippen LogP contribution in [0.3, 0.4) is 0 Å². The number of aromatic carboxylic acids is 1. The van der Waals surface area contributed by atoms with Crippen molar-refractivity contribution in [1.29, 1.82) is 0 Å². The van der Waals surface area contributed by atoms with Crippen molar-refractivity contribution in [3.8, 4) is 11.5 Å². The molecule has 0 aliphatic rings. The minimum atomic E-state index is -4.02. The summed E-state index contributed by atoms with van der Waals surface area (Å²) >= 11 is 0. The van der Waals surface area contributed by atoms with Crippen molar-refractivity contribution in [2.24, 2.45) is 0 Å². The number of carbonyl (C=O) groups is 1. The largest absolute Gasteiger partial charge is 0.475 e. The lowest BCUT2D eigenvalue weighted by Crippen LogP contribution is -2.13. The van der Waals surface area contributed by atoms with Crippen molar-refractivity contribution >= 4 is 37.9 Å². The van der Waals surface area contributed by atoms with Gasteiger partial charge in [0.05, 0.1) is 16.6 Å². The number of aromatic nitrogens is 3. The molecule has 0 aliphatic heterocycles. The second-order valence-electron chi connectivity index (χ2n) is 8.19. The van der Waals surface area contributed by atoms with E-state index in [1.165, 1.54) is 18.3 Å². The number of hydrogen-bond acceptors (Lipinski definition) is 7. The van der Waals surface area contributed by atoms with Crippen LogP contribution in [0.2, 0.25) is 0 Å². The molecule has 3 aromatic carbocycles. The fourth-order valence-corrected chi connectivity index (χ4v) is 5.31. The second-order valence-corrected chi connectivity index (χ2v) is 9.98. The standard InChI is InChI=1S/C24H17N3O5S.C4H10O/c1-15-7-10-18(11-8-15)33(30,31)27-20-12-9-17(32-16-5-3-2-4-6-16)13-19(20)22-21(27)14-25-23(26-22)24(28)29;1-3-5-4-2/h2-14H,1H3,(H,28,29);3-4H2,1-2H3. The zero-order chi connectivity index (χ0) is 27.3. The SMILES string of the molecule is CCOCC.Cc1ccc(S(=O)(=O)n2c3ccc(Oc4ccccc4)cc3c3nc(C(=O)O)ncc32)cc1. The lowest BCUT2D eigenvalue weighted by molar-refractivity contribution is 0.0684. The topological polar surface area (TPSA) is 121 Å². The summed E-state index contributed by atoms with van der Waals surface area (Å²) in [5.74, 6) is -0.677. The highest BCUT2D eigenvalue weighted by Gasteiger charge is 2.25. The average molecular weight is 534 g/mol. The molecular weight excluding hydrogens is 506 g/mol. The fraction of sp³-hybridized carbons (Fsp3) is 0.179. The Kier molecular flexibility index (Phi) is 8.04. The van der Waals surface area contributed by atoms with Gasteiger partial charge in [-0.3, -0.25) is 0 Å². The molecule has 0 unspecified atom stereocenters. The van der Waals surface area contributed by atoms with Gasteiger partial charge in [-0.1, -0.05) is 35.9 Å². The third-order valence-electron chi connectivity index (χ3n) is 5.57. The maximum absolute atomic E-state index is 13.6. The summed E-state index contributed by atoms with van der Waals surface area (Å²) in [5.41, 5.74) is 1.63. The van der Waals surface area contributed by atoms with Crippen LogP contribution in [-0.2, 0) is 14.8 Å². The summed E-state index contributed by atoms with van der Waals surface area (Å²) in [5, 5.41) is 9.79. The van der Waals surface area contributed by atoms with Crippen molar-refractivity contribution in [3.63, 3.8) is 0 Å². The van der Waals surface area contributed by atoms with Crippen LogP contribution in [0.15, 0.2) is 83.9 Å². The van der Waals surface area contributed by atoms with E-state index in [1.807, 2.05) is 39.0 Å². The molecule has 0 aliphatic carbocycles. The van der Waals surface area contributed by atoms with E-state index < -0.39 is 21.8 Å². The Hall–Kier alpha value is -4.28. The third kappa shape index (κ3) is 5.51. The Labute approximate surface area is 220 Å². The molecule has 196 valence electrons. The quantitative estimate of drug-likeness (QED) is 0.284. The molecule has 0 fully saturated rings. The summed E-state index contributed by atoms with van der Waals surface area (Å²) in [6.45, 7) is 7.53. The first-order valence-corrected chi connectivity index (χ1v) is 13.4. The van der Waals surface area contributed by atoms with E-state index in [0.717, 1.165) is 22.7 Å². The molecule has 0 saturated carbocycles. The van der Waals surface area contributed by atoms with E-state index in [4.69, 9.17) is 9.47 Å². The molecular formula is C28H27N3O6S. The molecule has 5 aromatic rings. The number of benzene rings is 3. The highest BCUT2D eigenvalue weighted by Crippen LogP contribution is 2.34. The van der Waals surface area contributed by atoms with Crippen molar-refractivity contribution in [2.45, 2.75) is 25.7 Å². The van der Waals surface area contributed by atoms with Gasteiger partial charge in [0, 0.05) is 18.6 Å². The first-order valence-electron chi connectivity index (χ1n) is 11.9. The molecule has 1 N–H and O–H groups in total. The van der Waals surface area contributed by atoms with Crippen LogP contribution in [0.25, 0.3) is 21.9 Å². The third-order valence-corrected chi connectivity index (χ3v) is 7.31. The van der Waals surface area contributed by atoms with Gasteiger partial charge >= 0.3 is 5.97 Å². The molecule has 0 atom stereocenters. The predicted molar refractivity (Wildman–Crippen MR) is 144 cm³/mol. The van der Waals surface area contributed by atoms with Gasteiger partial charge in [-0.2, -0.15) is 0 Å². The fourth-order valence-electron chi connectivity index (χ4n) is 3.80. The van der Waals surface area contributed by atoms with Gasteiger partial charge in [0.2, 0.25) is 5.82 Å². The molecule has 0 saturated heterocycles. The Morgan fingerprint density at radius 3 is 2.21 bits per heavy atom. The van der Waals surface area contributed by atoms with E-state index in [-0.39, 0.29) is 15.9 Å². The van der Waals surface area contributed by atoms with Crippen molar-refractivity contribution < 1.29 is 27.8 Å². The van der Waals surface area contributed by atoms with E-state index in [9.17, 15) is 18.3 Å². The van der Waals surface area contributed by atoms with Crippen molar-refractivity contribution in [3.05, 3.63) is 90.4 Å². The molecule has 2 heterocycles. The van der Waals surface area contributed by atoms with Crippen LogP contribution in [0, 0.1) is 6.92 Å². The minimum absolute atomic E-state index is 0.0961. The first kappa shape index (κ1) is 26.8. The lowest BCUT2D eigenvalue weighted by atomic mass is 10.2. The van der Waals surface area contributed by atoms with Gasteiger partial charge in [0.25, 0.3) is 10.0 Å². The van der Waals surface area contributed by atoms with Crippen LogP contribution >= 0.6 is 0 Å². The van der Waals surface area contributed by atoms with Gasteiger partial charge in [-0.15, -0.1) is 0 Å². The van der Waals surface area contributed by atoms with Gasteiger partial charge in [0.1, 0.15) is 22.5 Å². The van der Waals surface area contributed by atoms with Gasteiger partial charge < -0.3 is 14.6 Å². The Bertz CT molecular complexity index is 1680. The number of hydrogen-bond donors (Lipinski definition) is 1. The smallest absolute Gasteiger partial charge is 0.373 e. The zero-order valence-corrected chi connectivity index (χ0v) is 22.0. The molecule has 9 nitrogen and oxygen atoms in total.